The van der Waals surface area contributed by atoms with E-state index >= 15 is 0 Å². The van der Waals surface area contributed by atoms with Crippen molar-refractivity contribution < 1.29 is 0 Å². The average molecular weight is 391 g/mol. The highest BCUT2D eigenvalue weighted by Crippen LogP contribution is 2.08. The van der Waals surface area contributed by atoms with Gasteiger partial charge in [0.1, 0.15) is 0 Å². The Kier molecular flexibility index (Phi) is 7.60. The van der Waals surface area contributed by atoms with Crippen LogP contribution in [0.3, 0.4) is 0 Å². The van der Waals surface area contributed by atoms with Gasteiger partial charge >= 0.3 is 0 Å². The molecule has 1 heterocycles. The Morgan fingerprint density at radius 1 is 1.26 bits per heavy atom. The molecule has 0 aromatic heterocycles. The average Bonchev–Trinajstić information content (AvgIpc) is 2.42. The maximum atomic E-state index is 6.00. The zero-order valence-corrected chi connectivity index (χ0v) is 14.5. The van der Waals surface area contributed by atoms with E-state index in [4.69, 9.17) is 5.73 Å². The van der Waals surface area contributed by atoms with E-state index in [-0.39, 0.29) is 24.0 Å². The number of hydrogen-bond donors (Lipinski definition) is 1. The normalized spacial score (nSPS) is 16.1. The molecular formula is C14H22IN3S. The van der Waals surface area contributed by atoms with Crippen LogP contribution in [0.25, 0.3) is 0 Å². The van der Waals surface area contributed by atoms with Crippen molar-refractivity contribution in [2.24, 2.45) is 10.7 Å². The summed E-state index contributed by atoms with van der Waals surface area (Å²) in [6, 6.07) is 8.62. The van der Waals surface area contributed by atoms with E-state index in [1.165, 1.54) is 11.1 Å². The molecule has 0 unspecified atom stereocenters. The fourth-order valence-electron chi connectivity index (χ4n) is 1.95. The van der Waals surface area contributed by atoms with Gasteiger partial charge in [0, 0.05) is 31.1 Å². The number of benzene rings is 1. The summed E-state index contributed by atoms with van der Waals surface area (Å²) in [5.74, 6) is 3.03. The molecule has 106 valence electrons. The van der Waals surface area contributed by atoms with Crippen LogP contribution >= 0.6 is 35.7 Å². The van der Waals surface area contributed by atoms with Crippen LogP contribution in [-0.2, 0) is 6.42 Å². The van der Waals surface area contributed by atoms with E-state index in [9.17, 15) is 0 Å². The van der Waals surface area contributed by atoms with Gasteiger partial charge in [0.2, 0.25) is 0 Å². The Hall–Kier alpha value is -0.430. The molecule has 1 aromatic rings. The zero-order valence-electron chi connectivity index (χ0n) is 11.3. The molecule has 0 aliphatic carbocycles. The molecule has 2 N–H and O–H groups in total. The van der Waals surface area contributed by atoms with Crippen molar-refractivity contribution in [2.45, 2.75) is 13.3 Å². The van der Waals surface area contributed by atoms with Gasteiger partial charge in [-0.05, 0) is 18.9 Å². The molecule has 1 aliphatic heterocycles. The lowest BCUT2D eigenvalue weighted by molar-refractivity contribution is 0.456. The van der Waals surface area contributed by atoms with Crippen molar-refractivity contribution in [1.29, 1.82) is 0 Å². The summed E-state index contributed by atoms with van der Waals surface area (Å²) in [5, 5.41) is 0. The number of aliphatic imine (C=N–C) groups is 1. The third-order valence-corrected chi connectivity index (χ3v) is 4.07. The van der Waals surface area contributed by atoms with Crippen LogP contribution in [0.5, 0.6) is 0 Å². The zero-order chi connectivity index (χ0) is 12.8. The number of thioether (sulfide) groups is 1. The summed E-state index contributed by atoms with van der Waals surface area (Å²) in [5.41, 5.74) is 8.63. The van der Waals surface area contributed by atoms with Gasteiger partial charge in [-0.2, -0.15) is 11.8 Å². The van der Waals surface area contributed by atoms with Crippen LogP contribution in [0, 0.1) is 6.92 Å². The second kappa shape index (κ2) is 8.68. The van der Waals surface area contributed by atoms with Crippen molar-refractivity contribution in [1.82, 2.24) is 4.90 Å². The number of nitrogens with two attached hydrogens (primary N) is 1. The summed E-state index contributed by atoms with van der Waals surface area (Å²) in [6.07, 6.45) is 0.962. The van der Waals surface area contributed by atoms with E-state index in [1.807, 2.05) is 11.8 Å². The molecule has 19 heavy (non-hydrogen) atoms. The first-order valence-corrected chi connectivity index (χ1v) is 7.59. The summed E-state index contributed by atoms with van der Waals surface area (Å²) in [4.78, 5) is 6.66. The van der Waals surface area contributed by atoms with Crippen LogP contribution in [-0.4, -0.2) is 42.0 Å². The topological polar surface area (TPSA) is 41.6 Å². The first kappa shape index (κ1) is 16.6. The number of nitrogens with zero attached hydrogens (tertiary/aromatic N) is 2. The molecule has 3 nitrogen and oxygen atoms in total. The standard InChI is InChI=1S/C14H21N3S.HI/c1-12-2-4-13(5-3-12)6-7-16-14(15)17-8-10-18-11-9-17;/h2-5H,6-11H2,1H3,(H2,15,16);1H. The van der Waals surface area contributed by atoms with Crippen LogP contribution in [0.4, 0.5) is 0 Å². The predicted molar refractivity (Wildman–Crippen MR) is 95.7 cm³/mol. The second-order valence-corrected chi connectivity index (χ2v) is 5.80. The van der Waals surface area contributed by atoms with Crippen molar-refractivity contribution >= 4 is 41.7 Å². The Bertz CT molecular complexity index is 400. The summed E-state index contributed by atoms with van der Waals surface area (Å²) in [6.45, 7) is 4.95. The Morgan fingerprint density at radius 2 is 1.89 bits per heavy atom. The van der Waals surface area contributed by atoms with Crippen molar-refractivity contribution in [3.63, 3.8) is 0 Å². The molecule has 1 aliphatic rings. The molecule has 0 spiro atoms. The lowest BCUT2D eigenvalue weighted by Crippen LogP contribution is -2.42. The van der Waals surface area contributed by atoms with E-state index in [1.54, 1.807) is 0 Å². The van der Waals surface area contributed by atoms with Crippen LogP contribution in [0.15, 0.2) is 29.3 Å². The quantitative estimate of drug-likeness (QED) is 0.489. The molecule has 1 aromatic carbocycles. The highest BCUT2D eigenvalue weighted by Gasteiger charge is 2.11. The van der Waals surface area contributed by atoms with E-state index in [2.05, 4.69) is 41.1 Å². The maximum absolute atomic E-state index is 6.00. The van der Waals surface area contributed by atoms with E-state index in [0.717, 1.165) is 37.6 Å². The SMILES string of the molecule is Cc1ccc(CCN=C(N)N2CCSCC2)cc1.I. The minimum absolute atomic E-state index is 0. The van der Waals surface area contributed by atoms with E-state index in [0.29, 0.717) is 5.96 Å². The van der Waals surface area contributed by atoms with Gasteiger partial charge in [0.25, 0.3) is 0 Å². The van der Waals surface area contributed by atoms with Crippen LogP contribution in [0.2, 0.25) is 0 Å². The van der Waals surface area contributed by atoms with Crippen LogP contribution in [0.1, 0.15) is 11.1 Å². The molecule has 0 amide bonds. The number of aryl methyl sites for hydroxylation is 1. The summed E-state index contributed by atoms with van der Waals surface area (Å²) < 4.78 is 0. The Labute approximate surface area is 137 Å². The fraction of sp³-hybridized carbons (Fsp3) is 0.500. The third-order valence-electron chi connectivity index (χ3n) is 3.13. The maximum Gasteiger partial charge on any atom is 0.191 e. The molecule has 0 saturated carbocycles. The molecule has 2 rings (SSSR count). The molecular weight excluding hydrogens is 369 g/mol. The van der Waals surface area contributed by atoms with Crippen molar-refractivity contribution in [3.8, 4) is 0 Å². The van der Waals surface area contributed by atoms with Gasteiger partial charge in [-0.1, -0.05) is 29.8 Å². The molecule has 0 bridgehead atoms. The van der Waals surface area contributed by atoms with Gasteiger partial charge in [-0.3, -0.25) is 4.99 Å². The highest BCUT2D eigenvalue weighted by molar-refractivity contribution is 14.0. The highest BCUT2D eigenvalue weighted by atomic mass is 127. The first-order chi connectivity index (χ1) is 8.75. The minimum atomic E-state index is 0. The molecule has 1 fully saturated rings. The predicted octanol–water partition coefficient (Wildman–Crippen LogP) is 2.52. The molecule has 5 heteroatoms. The minimum Gasteiger partial charge on any atom is -0.370 e. The van der Waals surface area contributed by atoms with Gasteiger partial charge < -0.3 is 10.6 Å². The smallest absolute Gasteiger partial charge is 0.191 e. The number of guanidine groups is 1. The summed E-state index contributed by atoms with van der Waals surface area (Å²) >= 11 is 1.99. The number of halogens is 1. The molecule has 0 radical (unpaired) electrons. The van der Waals surface area contributed by atoms with Crippen molar-refractivity contribution in [2.75, 3.05) is 31.1 Å². The fourth-order valence-corrected chi connectivity index (χ4v) is 2.85. The lowest BCUT2D eigenvalue weighted by Gasteiger charge is -2.27. The van der Waals surface area contributed by atoms with Crippen molar-refractivity contribution in [3.05, 3.63) is 35.4 Å². The van der Waals surface area contributed by atoms with Gasteiger partial charge in [0.15, 0.2) is 5.96 Å². The summed E-state index contributed by atoms with van der Waals surface area (Å²) in [7, 11) is 0. The van der Waals surface area contributed by atoms with Gasteiger partial charge in [-0.15, -0.1) is 24.0 Å². The second-order valence-electron chi connectivity index (χ2n) is 4.57. The number of rotatable bonds is 3. The first-order valence-electron chi connectivity index (χ1n) is 6.44. The lowest BCUT2D eigenvalue weighted by atomic mass is 10.1. The Morgan fingerprint density at radius 3 is 2.53 bits per heavy atom. The largest absolute Gasteiger partial charge is 0.370 e. The monoisotopic (exact) mass is 391 g/mol. The third kappa shape index (κ3) is 5.60. The van der Waals surface area contributed by atoms with Gasteiger partial charge in [-0.25, -0.2) is 0 Å². The number of hydrogen-bond acceptors (Lipinski definition) is 2. The van der Waals surface area contributed by atoms with Gasteiger partial charge in [0.05, 0.1) is 0 Å². The van der Waals surface area contributed by atoms with Crippen LogP contribution < -0.4 is 5.73 Å². The molecule has 1 saturated heterocycles. The molecule has 0 atom stereocenters. The van der Waals surface area contributed by atoms with E-state index < -0.39 is 0 Å². The Balaban J connectivity index is 0.00000180.